The van der Waals surface area contributed by atoms with E-state index in [2.05, 4.69) is 5.32 Å². The van der Waals surface area contributed by atoms with Gasteiger partial charge in [-0.2, -0.15) is 0 Å². The first-order valence-corrected chi connectivity index (χ1v) is 8.09. The van der Waals surface area contributed by atoms with Crippen molar-refractivity contribution in [2.75, 3.05) is 23.3 Å². The molecule has 1 aromatic carbocycles. The highest BCUT2D eigenvalue weighted by Crippen LogP contribution is 2.37. The number of carbonyl (C=O) groups excluding carboxylic acids is 1. The number of anilines is 2. The van der Waals surface area contributed by atoms with Crippen molar-refractivity contribution in [3.63, 3.8) is 0 Å². The number of rotatable bonds is 8. The second-order valence-corrected chi connectivity index (χ2v) is 5.91. The molecule has 0 aliphatic carbocycles. The first-order chi connectivity index (χ1) is 11.0. The molecule has 1 aromatic rings. The summed E-state index contributed by atoms with van der Waals surface area (Å²) < 4.78 is 0. The van der Waals surface area contributed by atoms with Gasteiger partial charge in [-0.05, 0) is 38.8 Å². The molecule has 0 unspecified atom stereocenters. The van der Waals surface area contributed by atoms with Crippen LogP contribution in [0, 0.1) is 10.1 Å². The number of hydrogen-bond acceptors (Lipinski definition) is 5. The minimum Gasteiger partial charge on any atom is -0.375 e. The molecule has 23 heavy (non-hydrogen) atoms. The Bertz CT molecular complexity index is 576. The third-order valence-corrected chi connectivity index (χ3v) is 4.06. The Hall–Kier alpha value is -2.15. The van der Waals surface area contributed by atoms with Gasteiger partial charge in [0.1, 0.15) is 5.69 Å². The number of amides is 1. The molecule has 1 aliphatic heterocycles. The summed E-state index contributed by atoms with van der Waals surface area (Å²) in [6.45, 7) is 3.24. The van der Waals surface area contributed by atoms with Crippen molar-refractivity contribution in [2.45, 2.75) is 45.1 Å². The SMILES string of the molecule is C[C@@H](CCCCN)Nc1c(N2CCCC2=O)cccc1[N+](=O)[O-]. The van der Waals surface area contributed by atoms with Gasteiger partial charge in [0.15, 0.2) is 0 Å². The van der Waals surface area contributed by atoms with Crippen LogP contribution in [-0.4, -0.2) is 30.0 Å². The Labute approximate surface area is 136 Å². The summed E-state index contributed by atoms with van der Waals surface area (Å²) in [5.41, 5.74) is 6.55. The van der Waals surface area contributed by atoms with Crippen LogP contribution in [0.4, 0.5) is 17.1 Å². The van der Waals surface area contributed by atoms with Gasteiger partial charge in [-0.15, -0.1) is 0 Å². The van der Waals surface area contributed by atoms with E-state index in [1.54, 1.807) is 17.0 Å². The molecule has 7 heteroatoms. The molecule has 1 amide bonds. The quantitative estimate of drug-likeness (QED) is 0.435. The van der Waals surface area contributed by atoms with E-state index in [1.807, 2.05) is 6.92 Å². The second kappa shape index (κ2) is 7.92. The van der Waals surface area contributed by atoms with Gasteiger partial charge in [-0.3, -0.25) is 14.9 Å². The molecule has 3 N–H and O–H groups in total. The Balaban J connectivity index is 2.26. The van der Waals surface area contributed by atoms with Gasteiger partial charge in [-0.25, -0.2) is 0 Å². The number of nitrogens with two attached hydrogens (primary N) is 1. The summed E-state index contributed by atoms with van der Waals surface area (Å²) in [5.74, 6) is 0.0179. The maximum atomic E-state index is 12.0. The maximum Gasteiger partial charge on any atom is 0.294 e. The number of nitrogens with zero attached hydrogens (tertiary/aromatic N) is 2. The third-order valence-electron chi connectivity index (χ3n) is 4.06. The summed E-state index contributed by atoms with van der Waals surface area (Å²) in [7, 11) is 0. The number of unbranched alkanes of at least 4 members (excludes halogenated alkanes) is 1. The van der Waals surface area contributed by atoms with Crippen LogP contribution in [0.15, 0.2) is 18.2 Å². The highest BCUT2D eigenvalue weighted by molar-refractivity contribution is 5.99. The minimum atomic E-state index is -0.404. The lowest BCUT2D eigenvalue weighted by atomic mass is 10.1. The molecule has 0 bridgehead atoms. The van der Waals surface area contributed by atoms with Crippen LogP contribution >= 0.6 is 0 Å². The van der Waals surface area contributed by atoms with E-state index in [0.29, 0.717) is 30.9 Å². The van der Waals surface area contributed by atoms with Crippen molar-refractivity contribution in [1.82, 2.24) is 0 Å². The molecule has 1 heterocycles. The van der Waals surface area contributed by atoms with Crippen LogP contribution in [0.2, 0.25) is 0 Å². The molecule has 0 aromatic heterocycles. The van der Waals surface area contributed by atoms with Crippen LogP contribution in [0.1, 0.15) is 39.0 Å². The van der Waals surface area contributed by atoms with Gasteiger partial charge in [0.2, 0.25) is 5.91 Å². The largest absolute Gasteiger partial charge is 0.375 e. The second-order valence-electron chi connectivity index (χ2n) is 5.91. The molecule has 1 fully saturated rings. The summed E-state index contributed by atoms with van der Waals surface area (Å²) in [5, 5.41) is 14.6. The average Bonchev–Trinajstić information content (AvgIpc) is 2.93. The van der Waals surface area contributed by atoms with Gasteiger partial charge >= 0.3 is 0 Å². The standard InChI is InChI=1S/C16H24N4O3/c1-12(6-2-3-10-17)18-16-13(19-11-5-9-15(19)21)7-4-8-14(16)20(22)23/h4,7-8,12,18H,2-3,5-6,9-11,17H2,1H3/t12-/m0/s1. The van der Waals surface area contributed by atoms with E-state index in [0.717, 1.165) is 25.7 Å². The summed E-state index contributed by atoms with van der Waals surface area (Å²) in [6, 6.07) is 4.94. The first kappa shape index (κ1) is 17.2. The third kappa shape index (κ3) is 4.19. The zero-order valence-electron chi connectivity index (χ0n) is 13.5. The van der Waals surface area contributed by atoms with Crippen molar-refractivity contribution in [2.24, 2.45) is 5.73 Å². The summed E-state index contributed by atoms with van der Waals surface area (Å²) >= 11 is 0. The summed E-state index contributed by atoms with van der Waals surface area (Å²) in [4.78, 5) is 24.6. The molecule has 1 saturated heterocycles. The van der Waals surface area contributed by atoms with Crippen molar-refractivity contribution in [3.8, 4) is 0 Å². The Kier molecular flexibility index (Phi) is 5.92. The van der Waals surface area contributed by atoms with E-state index in [-0.39, 0.29) is 17.6 Å². The molecular weight excluding hydrogens is 296 g/mol. The number of nitrogens with one attached hydrogen (secondary N) is 1. The van der Waals surface area contributed by atoms with E-state index < -0.39 is 4.92 Å². The average molecular weight is 320 g/mol. The lowest BCUT2D eigenvalue weighted by Gasteiger charge is -2.23. The molecular formula is C16H24N4O3. The number of nitro benzene ring substituents is 1. The van der Waals surface area contributed by atoms with Crippen molar-refractivity contribution in [3.05, 3.63) is 28.3 Å². The first-order valence-electron chi connectivity index (χ1n) is 8.09. The normalized spacial score (nSPS) is 15.7. The van der Waals surface area contributed by atoms with E-state index in [1.165, 1.54) is 6.07 Å². The Morgan fingerprint density at radius 3 is 2.83 bits per heavy atom. The van der Waals surface area contributed by atoms with Gasteiger partial charge in [-0.1, -0.05) is 12.5 Å². The fraction of sp³-hybridized carbons (Fsp3) is 0.562. The lowest BCUT2D eigenvalue weighted by molar-refractivity contribution is -0.383. The molecule has 126 valence electrons. The van der Waals surface area contributed by atoms with Gasteiger partial charge in [0.05, 0.1) is 10.6 Å². The fourth-order valence-electron chi connectivity index (χ4n) is 2.87. The molecule has 7 nitrogen and oxygen atoms in total. The monoisotopic (exact) mass is 320 g/mol. The van der Waals surface area contributed by atoms with Crippen molar-refractivity contribution in [1.29, 1.82) is 0 Å². The van der Waals surface area contributed by atoms with Crippen molar-refractivity contribution >= 4 is 23.0 Å². The molecule has 0 radical (unpaired) electrons. The lowest BCUT2D eigenvalue weighted by Crippen LogP contribution is -2.26. The van der Waals surface area contributed by atoms with E-state index in [4.69, 9.17) is 5.73 Å². The predicted octanol–water partition coefficient (Wildman–Crippen LogP) is 2.65. The Morgan fingerprint density at radius 2 is 2.22 bits per heavy atom. The topological polar surface area (TPSA) is 102 Å². The number of carbonyl (C=O) groups is 1. The highest BCUT2D eigenvalue weighted by atomic mass is 16.6. The van der Waals surface area contributed by atoms with Crippen LogP contribution in [0.25, 0.3) is 0 Å². The molecule has 2 rings (SSSR count). The number of para-hydroxylation sites is 1. The van der Waals surface area contributed by atoms with Gasteiger partial charge in [0, 0.05) is 25.1 Å². The fourth-order valence-corrected chi connectivity index (χ4v) is 2.87. The molecule has 1 aliphatic rings. The van der Waals surface area contributed by atoms with Crippen LogP contribution < -0.4 is 16.0 Å². The van der Waals surface area contributed by atoms with Crippen LogP contribution in [-0.2, 0) is 4.79 Å². The number of benzene rings is 1. The summed E-state index contributed by atoms with van der Waals surface area (Å²) in [6.07, 6.45) is 4.04. The Morgan fingerprint density at radius 1 is 1.43 bits per heavy atom. The molecule has 1 atom stereocenters. The predicted molar refractivity (Wildman–Crippen MR) is 90.7 cm³/mol. The van der Waals surface area contributed by atoms with Crippen LogP contribution in [0.3, 0.4) is 0 Å². The van der Waals surface area contributed by atoms with E-state index >= 15 is 0 Å². The van der Waals surface area contributed by atoms with Gasteiger partial charge in [0.25, 0.3) is 5.69 Å². The highest BCUT2D eigenvalue weighted by Gasteiger charge is 2.28. The number of nitro groups is 1. The minimum absolute atomic E-state index is 0.00729. The molecule has 0 spiro atoms. The zero-order valence-corrected chi connectivity index (χ0v) is 13.5. The van der Waals surface area contributed by atoms with Gasteiger partial charge < -0.3 is 16.0 Å². The smallest absolute Gasteiger partial charge is 0.294 e. The number of hydrogen-bond donors (Lipinski definition) is 2. The maximum absolute atomic E-state index is 12.0. The van der Waals surface area contributed by atoms with Crippen molar-refractivity contribution < 1.29 is 9.72 Å². The van der Waals surface area contributed by atoms with Crippen LogP contribution in [0.5, 0.6) is 0 Å². The molecule has 0 saturated carbocycles. The zero-order chi connectivity index (χ0) is 16.8. The van der Waals surface area contributed by atoms with E-state index in [9.17, 15) is 14.9 Å².